The van der Waals surface area contributed by atoms with Gasteiger partial charge < -0.3 is 19.5 Å². The van der Waals surface area contributed by atoms with E-state index in [1.165, 1.54) is 6.42 Å². The first-order valence-electron chi connectivity index (χ1n) is 9.24. The van der Waals surface area contributed by atoms with Gasteiger partial charge in [0.1, 0.15) is 11.3 Å². The number of aromatic carboxylic acids is 1. The van der Waals surface area contributed by atoms with Gasteiger partial charge in [-0.05, 0) is 50.5 Å². The smallest absolute Gasteiger partial charge is 0.339 e. The lowest BCUT2D eigenvalue weighted by molar-refractivity contribution is 0.0214. The molecule has 1 N–H and O–H groups in total. The number of carbonyl (C=O) groups is 1. The molecular formula is C20H25N3O4. The van der Waals surface area contributed by atoms with Crippen molar-refractivity contribution in [2.45, 2.75) is 32.3 Å². The average molecular weight is 371 g/mol. The number of ether oxygens (including phenoxy) is 2. The second kappa shape index (κ2) is 8.81. The highest BCUT2D eigenvalue weighted by Crippen LogP contribution is 2.27. The van der Waals surface area contributed by atoms with Crippen LogP contribution in [0.5, 0.6) is 5.75 Å². The standard InChI is InChI=1S/C20H25N3O4/c1-3-26-18-8-7-14(12-16(18)19(24)25)17-9-10-21-20(22-17)23(2)13-15-6-4-5-11-27-15/h7-10,12,15H,3-6,11,13H2,1-2H3,(H,24,25)/t15-/m1/s1. The molecule has 0 amide bonds. The second-order valence-corrected chi connectivity index (χ2v) is 6.56. The molecule has 1 aliphatic heterocycles. The molecule has 144 valence electrons. The minimum atomic E-state index is -1.03. The van der Waals surface area contributed by atoms with Crippen LogP contribution in [0.25, 0.3) is 11.3 Å². The number of rotatable bonds is 7. The molecule has 1 aromatic heterocycles. The molecule has 0 saturated carbocycles. The summed E-state index contributed by atoms with van der Waals surface area (Å²) in [6.07, 6.45) is 5.23. The maximum atomic E-state index is 11.5. The fraction of sp³-hybridized carbons (Fsp3) is 0.450. The molecule has 1 fully saturated rings. The van der Waals surface area contributed by atoms with Crippen LogP contribution >= 0.6 is 0 Å². The minimum absolute atomic E-state index is 0.124. The van der Waals surface area contributed by atoms with Gasteiger partial charge in [-0.3, -0.25) is 0 Å². The summed E-state index contributed by atoms with van der Waals surface area (Å²) in [5, 5.41) is 9.45. The molecule has 27 heavy (non-hydrogen) atoms. The molecule has 2 heterocycles. The molecule has 7 nitrogen and oxygen atoms in total. The minimum Gasteiger partial charge on any atom is -0.493 e. The van der Waals surface area contributed by atoms with E-state index in [2.05, 4.69) is 9.97 Å². The van der Waals surface area contributed by atoms with Gasteiger partial charge in [0.2, 0.25) is 5.95 Å². The molecule has 0 spiro atoms. The molecule has 3 rings (SSSR count). The lowest BCUT2D eigenvalue weighted by atomic mass is 10.1. The van der Waals surface area contributed by atoms with Gasteiger partial charge >= 0.3 is 5.97 Å². The van der Waals surface area contributed by atoms with Crippen molar-refractivity contribution in [2.24, 2.45) is 0 Å². The molecule has 2 aromatic rings. The van der Waals surface area contributed by atoms with Crippen LogP contribution in [0.1, 0.15) is 36.5 Å². The molecule has 0 unspecified atom stereocenters. The molecule has 1 aromatic carbocycles. The summed E-state index contributed by atoms with van der Waals surface area (Å²) < 4.78 is 11.2. The van der Waals surface area contributed by atoms with Gasteiger partial charge in [0.25, 0.3) is 0 Å². The lowest BCUT2D eigenvalue weighted by Crippen LogP contribution is -2.34. The number of carboxylic acid groups (broad SMARTS) is 1. The Balaban J connectivity index is 1.82. The molecule has 0 aliphatic carbocycles. The number of hydrogen-bond donors (Lipinski definition) is 1. The summed E-state index contributed by atoms with van der Waals surface area (Å²) in [5.41, 5.74) is 1.50. The Morgan fingerprint density at radius 2 is 2.22 bits per heavy atom. The van der Waals surface area contributed by atoms with E-state index in [4.69, 9.17) is 9.47 Å². The number of anilines is 1. The molecule has 0 bridgehead atoms. The van der Waals surface area contributed by atoms with E-state index >= 15 is 0 Å². The van der Waals surface area contributed by atoms with Crippen LogP contribution < -0.4 is 9.64 Å². The fourth-order valence-corrected chi connectivity index (χ4v) is 3.17. The van der Waals surface area contributed by atoms with E-state index in [1.807, 2.05) is 24.9 Å². The number of hydrogen-bond acceptors (Lipinski definition) is 6. The van der Waals surface area contributed by atoms with Crippen molar-refractivity contribution in [3.8, 4) is 17.0 Å². The summed E-state index contributed by atoms with van der Waals surface area (Å²) in [7, 11) is 1.94. The quantitative estimate of drug-likeness (QED) is 0.800. The monoisotopic (exact) mass is 371 g/mol. The third kappa shape index (κ3) is 4.74. The van der Waals surface area contributed by atoms with Crippen molar-refractivity contribution in [3.63, 3.8) is 0 Å². The Bertz CT molecular complexity index is 791. The highest BCUT2D eigenvalue weighted by molar-refractivity contribution is 5.92. The molecule has 1 atom stereocenters. The highest BCUT2D eigenvalue weighted by Gasteiger charge is 2.18. The van der Waals surface area contributed by atoms with Crippen LogP contribution in [0, 0.1) is 0 Å². The van der Waals surface area contributed by atoms with Gasteiger partial charge in [0.15, 0.2) is 0 Å². The predicted octanol–water partition coefficient (Wildman–Crippen LogP) is 3.25. The zero-order chi connectivity index (χ0) is 19.2. The zero-order valence-electron chi connectivity index (χ0n) is 15.7. The van der Waals surface area contributed by atoms with Crippen LogP contribution in [-0.4, -0.2) is 54.0 Å². The first-order chi connectivity index (χ1) is 13.1. The van der Waals surface area contributed by atoms with Crippen molar-refractivity contribution in [1.82, 2.24) is 9.97 Å². The van der Waals surface area contributed by atoms with Crippen molar-refractivity contribution in [1.29, 1.82) is 0 Å². The number of carboxylic acids is 1. The summed E-state index contributed by atoms with van der Waals surface area (Å²) in [6, 6.07) is 6.84. The van der Waals surface area contributed by atoms with Gasteiger partial charge in [-0.25, -0.2) is 14.8 Å². The zero-order valence-corrected chi connectivity index (χ0v) is 15.7. The molecule has 7 heteroatoms. The number of benzene rings is 1. The molecule has 1 aliphatic rings. The topological polar surface area (TPSA) is 84.8 Å². The normalized spacial score (nSPS) is 16.7. The van der Waals surface area contributed by atoms with Crippen molar-refractivity contribution >= 4 is 11.9 Å². The van der Waals surface area contributed by atoms with Crippen molar-refractivity contribution in [3.05, 3.63) is 36.0 Å². The number of aromatic nitrogens is 2. The van der Waals surface area contributed by atoms with E-state index in [-0.39, 0.29) is 11.7 Å². The average Bonchev–Trinajstić information content (AvgIpc) is 2.69. The fourth-order valence-electron chi connectivity index (χ4n) is 3.17. The predicted molar refractivity (Wildman–Crippen MR) is 102 cm³/mol. The summed E-state index contributed by atoms with van der Waals surface area (Å²) >= 11 is 0. The molecule has 1 saturated heterocycles. The van der Waals surface area contributed by atoms with Crippen LogP contribution in [0.15, 0.2) is 30.5 Å². The Morgan fingerprint density at radius 3 is 2.93 bits per heavy atom. The van der Waals surface area contributed by atoms with E-state index in [1.54, 1.807) is 24.4 Å². The first-order valence-corrected chi connectivity index (χ1v) is 9.24. The van der Waals surface area contributed by atoms with Crippen LogP contribution in [0.2, 0.25) is 0 Å². The Morgan fingerprint density at radius 1 is 1.37 bits per heavy atom. The maximum Gasteiger partial charge on any atom is 0.339 e. The Hall–Kier alpha value is -2.67. The van der Waals surface area contributed by atoms with Gasteiger partial charge in [0.05, 0.1) is 18.4 Å². The van der Waals surface area contributed by atoms with Crippen molar-refractivity contribution < 1.29 is 19.4 Å². The van der Waals surface area contributed by atoms with Crippen molar-refractivity contribution in [2.75, 3.05) is 31.7 Å². The number of nitrogens with zero attached hydrogens (tertiary/aromatic N) is 3. The SMILES string of the molecule is CCOc1ccc(-c2ccnc(N(C)C[C@H]3CCCCO3)n2)cc1C(=O)O. The summed E-state index contributed by atoms with van der Waals surface area (Å²) in [5.74, 6) is -0.0804. The Labute approximate surface area is 159 Å². The van der Waals surface area contributed by atoms with E-state index in [9.17, 15) is 9.90 Å². The van der Waals surface area contributed by atoms with Gasteiger partial charge in [-0.15, -0.1) is 0 Å². The molecule has 0 radical (unpaired) electrons. The number of likely N-dealkylation sites (N-methyl/N-ethyl adjacent to an activating group) is 1. The van der Waals surface area contributed by atoms with Gasteiger partial charge in [0, 0.05) is 32.0 Å². The van der Waals surface area contributed by atoms with E-state index < -0.39 is 5.97 Å². The molecular weight excluding hydrogens is 346 g/mol. The third-order valence-electron chi connectivity index (χ3n) is 4.54. The largest absolute Gasteiger partial charge is 0.493 e. The van der Waals surface area contributed by atoms with Crippen LogP contribution in [0.3, 0.4) is 0 Å². The first kappa shape index (κ1) is 19.1. The highest BCUT2D eigenvalue weighted by atomic mass is 16.5. The summed E-state index contributed by atoms with van der Waals surface area (Å²) in [4.78, 5) is 22.5. The second-order valence-electron chi connectivity index (χ2n) is 6.56. The lowest BCUT2D eigenvalue weighted by Gasteiger charge is -2.27. The maximum absolute atomic E-state index is 11.5. The Kier molecular flexibility index (Phi) is 6.24. The third-order valence-corrected chi connectivity index (χ3v) is 4.54. The van der Waals surface area contributed by atoms with Crippen LogP contribution in [-0.2, 0) is 4.74 Å². The van der Waals surface area contributed by atoms with E-state index in [0.29, 0.717) is 29.6 Å². The van der Waals surface area contributed by atoms with Gasteiger partial charge in [-0.2, -0.15) is 0 Å². The van der Waals surface area contributed by atoms with Gasteiger partial charge in [-0.1, -0.05) is 0 Å². The summed E-state index contributed by atoms with van der Waals surface area (Å²) in [6.45, 7) is 3.77. The van der Waals surface area contributed by atoms with E-state index in [0.717, 1.165) is 26.0 Å². The van der Waals surface area contributed by atoms with Crippen LogP contribution in [0.4, 0.5) is 5.95 Å².